The molecule has 138 valence electrons. The zero-order valence-electron chi connectivity index (χ0n) is 15.0. The van der Waals surface area contributed by atoms with Crippen LogP contribution in [0.25, 0.3) is 11.6 Å². The van der Waals surface area contributed by atoms with Crippen LogP contribution in [0.2, 0.25) is 0 Å². The van der Waals surface area contributed by atoms with Gasteiger partial charge in [-0.05, 0) is 41.5 Å². The molecule has 0 bridgehead atoms. The maximum absolute atomic E-state index is 11.6. The van der Waals surface area contributed by atoms with Crippen molar-refractivity contribution in [2.45, 2.75) is 6.61 Å². The highest BCUT2D eigenvalue weighted by molar-refractivity contribution is 5.97. The van der Waals surface area contributed by atoms with Gasteiger partial charge in [0.1, 0.15) is 18.3 Å². The molecule has 0 aliphatic heterocycles. The lowest BCUT2D eigenvalue weighted by Crippen LogP contribution is -1.98. The molecule has 0 aromatic heterocycles. The number of allylic oxidation sites excluding steroid dienone is 2. The molecule has 0 heterocycles. The van der Waals surface area contributed by atoms with Gasteiger partial charge < -0.3 is 9.84 Å². The zero-order chi connectivity index (χ0) is 19.8. The molecule has 3 aromatic rings. The molecule has 4 heteroatoms. The van der Waals surface area contributed by atoms with E-state index in [1.54, 1.807) is 30.4 Å². The molecule has 0 fully saturated rings. The first-order valence-electron chi connectivity index (χ1n) is 8.70. The molecule has 0 atom stereocenters. The standard InChI is InChI=1S/C24H18O4/c25-16-21(15-12-18-10-13-20(14-11-18)24(26)27)22-8-4-5-9-23(22)28-17-19-6-2-1-3-7-19/h1-15H,17H2,(H,26,27)/b15-12+. The third-order valence-electron chi connectivity index (χ3n) is 4.12. The fourth-order valence-corrected chi connectivity index (χ4v) is 2.65. The van der Waals surface area contributed by atoms with Crippen molar-refractivity contribution in [1.29, 1.82) is 0 Å². The van der Waals surface area contributed by atoms with Crippen LogP contribution in [0.4, 0.5) is 0 Å². The summed E-state index contributed by atoms with van der Waals surface area (Å²) in [5, 5.41) is 8.96. The second-order valence-corrected chi connectivity index (χ2v) is 6.05. The number of carboxylic acid groups (broad SMARTS) is 1. The second kappa shape index (κ2) is 9.17. The molecular weight excluding hydrogens is 352 g/mol. The quantitative estimate of drug-likeness (QED) is 0.475. The predicted molar refractivity (Wildman–Crippen MR) is 109 cm³/mol. The molecule has 0 radical (unpaired) electrons. The Hall–Kier alpha value is -3.88. The molecule has 0 spiro atoms. The van der Waals surface area contributed by atoms with Gasteiger partial charge in [0.2, 0.25) is 0 Å². The molecule has 3 rings (SSSR count). The van der Waals surface area contributed by atoms with Gasteiger partial charge in [0.15, 0.2) is 0 Å². The summed E-state index contributed by atoms with van der Waals surface area (Å²) < 4.78 is 5.90. The van der Waals surface area contributed by atoms with Crippen LogP contribution >= 0.6 is 0 Å². The van der Waals surface area contributed by atoms with Gasteiger partial charge in [-0.15, -0.1) is 0 Å². The second-order valence-electron chi connectivity index (χ2n) is 6.05. The normalized spacial score (nSPS) is 10.4. The van der Waals surface area contributed by atoms with Gasteiger partial charge in [-0.2, -0.15) is 0 Å². The number of carbonyl (C=O) groups is 1. The summed E-state index contributed by atoms with van der Waals surface area (Å²) in [4.78, 5) is 22.5. The monoisotopic (exact) mass is 370 g/mol. The van der Waals surface area contributed by atoms with Gasteiger partial charge in [0.05, 0.1) is 11.1 Å². The van der Waals surface area contributed by atoms with E-state index in [0.717, 1.165) is 11.1 Å². The van der Waals surface area contributed by atoms with Crippen molar-refractivity contribution in [3.05, 3.63) is 107 Å². The van der Waals surface area contributed by atoms with Crippen molar-refractivity contribution in [2.24, 2.45) is 0 Å². The lowest BCUT2D eigenvalue weighted by molar-refractivity contribution is 0.0697. The van der Waals surface area contributed by atoms with Crippen LogP contribution < -0.4 is 4.74 Å². The number of rotatable bonds is 7. The lowest BCUT2D eigenvalue weighted by atomic mass is 10.0. The Balaban J connectivity index is 1.79. The SMILES string of the molecule is O=C=C(/C=C/c1ccc(C(=O)O)cc1)c1ccccc1OCc1ccccc1. The van der Waals surface area contributed by atoms with E-state index in [9.17, 15) is 9.59 Å². The zero-order valence-corrected chi connectivity index (χ0v) is 15.0. The Morgan fingerprint density at radius 2 is 1.61 bits per heavy atom. The number of carboxylic acids is 1. The highest BCUT2D eigenvalue weighted by atomic mass is 16.5. The van der Waals surface area contributed by atoms with Crippen molar-refractivity contribution in [1.82, 2.24) is 0 Å². The Morgan fingerprint density at radius 1 is 0.929 bits per heavy atom. The Bertz CT molecular complexity index is 1030. The first-order chi connectivity index (χ1) is 13.7. The minimum Gasteiger partial charge on any atom is -0.488 e. The van der Waals surface area contributed by atoms with Crippen molar-refractivity contribution in [3.63, 3.8) is 0 Å². The number of ether oxygens (including phenoxy) is 1. The van der Waals surface area contributed by atoms with Crippen LogP contribution in [0.3, 0.4) is 0 Å². The Kier molecular flexibility index (Phi) is 6.19. The van der Waals surface area contributed by atoms with E-state index in [0.29, 0.717) is 23.5 Å². The van der Waals surface area contributed by atoms with Crippen molar-refractivity contribution in [2.75, 3.05) is 0 Å². The van der Waals surface area contributed by atoms with E-state index >= 15 is 0 Å². The average Bonchev–Trinajstić information content (AvgIpc) is 2.74. The summed E-state index contributed by atoms with van der Waals surface area (Å²) >= 11 is 0. The summed E-state index contributed by atoms with van der Waals surface area (Å²) in [6.07, 6.45) is 3.38. The van der Waals surface area contributed by atoms with Crippen LogP contribution in [0, 0.1) is 0 Å². The van der Waals surface area contributed by atoms with E-state index in [2.05, 4.69) is 0 Å². The van der Waals surface area contributed by atoms with Gasteiger partial charge >= 0.3 is 5.97 Å². The summed E-state index contributed by atoms with van der Waals surface area (Å²) in [7, 11) is 0. The molecule has 0 aliphatic rings. The minimum absolute atomic E-state index is 0.211. The van der Waals surface area contributed by atoms with E-state index in [-0.39, 0.29) is 5.56 Å². The first-order valence-corrected chi connectivity index (χ1v) is 8.70. The summed E-state index contributed by atoms with van der Waals surface area (Å²) in [5.41, 5.74) is 3.02. The van der Waals surface area contributed by atoms with E-state index in [4.69, 9.17) is 9.84 Å². The highest BCUT2D eigenvalue weighted by Crippen LogP contribution is 2.26. The Labute approximate surface area is 163 Å². The van der Waals surface area contributed by atoms with Crippen LogP contribution in [-0.4, -0.2) is 17.0 Å². The average molecular weight is 370 g/mol. The largest absolute Gasteiger partial charge is 0.488 e. The van der Waals surface area contributed by atoms with Gasteiger partial charge in [-0.1, -0.05) is 60.7 Å². The molecule has 3 aromatic carbocycles. The highest BCUT2D eigenvalue weighted by Gasteiger charge is 2.08. The third-order valence-corrected chi connectivity index (χ3v) is 4.12. The molecular formula is C24H18O4. The van der Waals surface area contributed by atoms with Crippen LogP contribution in [0.5, 0.6) is 5.75 Å². The van der Waals surface area contributed by atoms with Gasteiger partial charge in [0.25, 0.3) is 0 Å². The number of carbonyl (C=O) groups excluding carboxylic acids is 1. The molecule has 0 saturated carbocycles. The molecule has 0 saturated heterocycles. The van der Waals surface area contributed by atoms with Gasteiger partial charge in [0, 0.05) is 5.56 Å². The van der Waals surface area contributed by atoms with Gasteiger partial charge in [-0.3, -0.25) is 0 Å². The molecule has 0 amide bonds. The number of hydrogen-bond acceptors (Lipinski definition) is 3. The predicted octanol–water partition coefficient (Wildman–Crippen LogP) is 4.89. The van der Waals surface area contributed by atoms with Crippen LogP contribution in [-0.2, 0) is 11.4 Å². The molecule has 0 unspecified atom stereocenters. The maximum Gasteiger partial charge on any atom is 0.335 e. The molecule has 1 N–H and O–H groups in total. The fraction of sp³-hybridized carbons (Fsp3) is 0.0417. The smallest absolute Gasteiger partial charge is 0.335 e. The van der Waals surface area contributed by atoms with E-state index < -0.39 is 5.97 Å². The van der Waals surface area contributed by atoms with Crippen LogP contribution in [0.1, 0.15) is 27.0 Å². The maximum atomic E-state index is 11.6. The summed E-state index contributed by atoms with van der Waals surface area (Å²) in [6.45, 7) is 0.393. The summed E-state index contributed by atoms with van der Waals surface area (Å²) in [5.74, 6) is 1.58. The van der Waals surface area contributed by atoms with E-state index in [1.807, 2.05) is 54.5 Å². The van der Waals surface area contributed by atoms with Gasteiger partial charge in [-0.25, -0.2) is 9.59 Å². The third kappa shape index (κ3) is 4.85. The lowest BCUT2D eigenvalue weighted by Gasteiger charge is -2.11. The van der Waals surface area contributed by atoms with Crippen molar-refractivity contribution < 1.29 is 19.4 Å². The number of para-hydroxylation sites is 1. The molecule has 4 nitrogen and oxygen atoms in total. The number of hydrogen-bond donors (Lipinski definition) is 1. The first kappa shape index (κ1) is 18.9. The van der Waals surface area contributed by atoms with Crippen molar-refractivity contribution >= 4 is 23.6 Å². The topological polar surface area (TPSA) is 63.6 Å². The van der Waals surface area contributed by atoms with Crippen LogP contribution in [0.15, 0.2) is 84.9 Å². The fourth-order valence-electron chi connectivity index (χ4n) is 2.65. The minimum atomic E-state index is -0.978. The number of aromatic carboxylic acids is 1. The molecule has 28 heavy (non-hydrogen) atoms. The Morgan fingerprint density at radius 3 is 2.29 bits per heavy atom. The number of benzene rings is 3. The molecule has 0 aliphatic carbocycles. The van der Waals surface area contributed by atoms with E-state index in [1.165, 1.54) is 12.1 Å². The van der Waals surface area contributed by atoms with Crippen molar-refractivity contribution in [3.8, 4) is 5.75 Å². The summed E-state index contributed by atoms with van der Waals surface area (Å²) in [6, 6.07) is 23.5.